The molecule has 0 aromatic rings. The van der Waals surface area contributed by atoms with Crippen LogP contribution in [-0.4, -0.2) is 33.6 Å². The first kappa shape index (κ1) is 9.88. The summed E-state index contributed by atoms with van der Waals surface area (Å²) in [5.74, 6) is 0. The van der Waals surface area contributed by atoms with Crippen molar-refractivity contribution in [1.29, 1.82) is 0 Å². The maximum absolute atomic E-state index is 9.09. The second-order valence-corrected chi connectivity index (χ2v) is 2.44. The second kappa shape index (κ2) is 4.66. The molecule has 0 aromatic carbocycles. The molecule has 0 amide bonds. The molecule has 0 fully saturated rings. The zero-order valence-electron chi connectivity index (χ0n) is 6.49. The van der Waals surface area contributed by atoms with Crippen LogP contribution in [0, 0.1) is 0 Å². The van der Waals surface area contributed by atoms with Gasteiger partial charge in [-0.3, -0.25) is 0 Å². The summed E-state index contributed by atoms with van der Waals surface area (Å²) >= 11 is 0. The van der Waals surface area contributed by atoms with Crippen molar-refractivity contribution in [2.75, 3.05) is 0 Å². The summed E-state index contributed by atoms with van der Waals surface area (Å²) in [5, 5.41) is 27.1. The number of aliphatic hydroxyl groups excluding tert-OH is 3. The van der Waals surface area contributed by atoms with Crippen LogP contribution >= 0.6 is 0 Å². The zero-order chi connectivity index (χ0) is 8.15. The van der Waals surface area contributed by atoms with Crippen molar-refractivity contribution in [2.24, 2.45) is 0 Å². The Kier molecular flexibility index (Phi) is 4.60. The molecule has 0 aliphatic heterocycles. The lowest BCUT2D eigenvalue weighted by atomic mass is 10.0. The fourth-order valence-electron chi connectivity index (χ4n) is 0.739. The first-order chi connectivity index (χ1) is 4.63. The van der Waals surface area contributed by atoms with Crippen LogP contribution < -0.4 is 0 Å². The van der Waals surface area contributed by atoms with Crippen LogP contribution in [0.4, 0.5) is 0 Å². The van der Waals surface area contributed by atoms with Crippen molar-refractivity contribution < 1.29 is 15.3 Å². The van der Waals surface area contributed by atoms with E-state index in [0.717, 1.165) is 0 Å². The summed E-state index contributed by atoms with van der Waals surface area (Å²) < 4.78 is 0. The summed E-state index contributed by atoms with van der Waals surface area (Å²) in [6.45, 7) is 3.52. The molecule has 3 atom stereocenters. The molecule has 0 saturated carbocycles. The van der Waals surface area contributed by atoms with Gasteiger partial charge >= 0.3 is 0 Å². The molecule has 0 spiro atoms. The smallest absolute Gasteiger partial charge is 0.106 e. The van der Waals surface area contributed by atoms with E-state index in [0.29, 0.717) is 12.8 Å². The monoisotopic (exact) mass is 148 g/mol. The molecule has 0 aliphatic rings. The van der Waals surface area contributed by atoms with Crippen LogP contribution in [0.15, 0.2) is 0 Å². The molecular weight excluding hydrogens is 132 g/mol. The Morgan fingerprint density at radius 2 is 1.20 bits per heavy atom. The van der Waals surface area contributed by atoms with Crippen LogP contribution in [0.2, 0.25) is 0 Å². The van der Waals surface area contributed by atoms with Gasteiger partial charge in [0.15, 0.2) is 0 Å². The maximum atomic E-state index is 9.09. The number of aliphatic hydroxyl groups is 3. The number of hydrogen-bond donors (Lipinski definition) is 3. The highest BCUT2D eigenvalue weighted by Gasteiger charge is 2.20. The average Bonchev–Trinajstić information content (AvgIpc) is 2.00. The molecule has 62 valence electrons. The minimum absolute atomic E-state index is 0.470. The highest BCUT2D eigenvalue weighted by molar-refractivity contribution is 4.72. The number of hydrogen-bond acceptors (Lipinski definition) is 3. The van der Waals surface area contributed by atoms with Gasteiger partial charge in [-0.25, -0.2) is 0 Å². The minimum Gasteiger partial charge on any atom is -0.390 e. The highest BCUT2D eigenvalue weighted by atomic mass is 16.4. The Hall–Kier alpha value is -0.120. The van der Waals surface area contributed by atoms with Crippen LogP contribution in [0.3, 0.4) is 0 Å². The van der Waals surface area contributed by atoms with Crippen LogP contribution in [0.5, 0.6) is 0 Å². The predicted octanol–water partition coefficient (Wildman–Crippen LogP) is -0.111. The summed E-state index contributed by atoms with van der Waals surface area (Å²) in [6, 6.07) is 0. The molecule has 0 aliphatic carbocycles. The van der Waals surface area contributed by atoms with E-state index in [1.54, 1.807) is 13.8 Å². The Morgan fingerprint density at radius 3 is 1.40 bits per heavy atom. The Morgan fingerprint density at radius 1 is 0.900 bits per heavy atom. The molecule has 3 N–H and O–H groups in total. The van der Waals surface area contributed by atoms with Gasteiger partial charge in [-0.15, -0.1) is 0 Å². The van der Waals surface area contributed by atoms with Gasteiger partial charge < -0.3 is 15.3 Å². The summed E-state index contributed by atoms with van der Waals surface area (Å²) in [7, 11) is 0. The molecule has 3 heteroatoms. The first-order valence-corrected chi connectivity index (χ1v) is 3.67. The maximum Gasteiger partial charge on any atom is 0.106 e. The lowest BCUT2D eigenvalue weighted by Gasteiger charge is -2.20. The van der Waals surface area contributed by atoms with Gasteiger partial charge in [-0.2, -0.15) is 0 Å². The first-order valence-electron chi connectivity index (χ1n) is 3.67. The number of rotatable bonds is 4. The van der Waals surface area contributed by atoms with Crippen LogP contribution in [-0.2, 0) is 0 Å². The molecule has 0 heterocycles. The van der Waals surface area contributed by atoms with E-state index in [1.165, 1.54) is 0 Å². The SMILES string of the molecule is CCC(O)C(O)[C@H](O)CC. The van der Waals surface area contributed by atoms with Crippen molar-refractivity contribution >= 4 is 0 Å². The normalized spacial score (nSPS) is 20.1. The second-order valence-electron chi connectivity index (χ2n) is 2.44. The minimum atomic E-state index is -0.991. The Balaban J connectivity index is 3.69. The highest BCUT2D eigenvalue weighted by Crippen LogP contribution is 2.05. The Labute approximate surface area is 61.3 Å². The van der Waals surface area contributed by atoms with E-state index >= 15 is 0 Å². The van der Waals surface area contributed by atoms with Gasteiger partial charge in [0.05, 0.1) is 12.2 Å². The van der Waals surface area contributed by atoms with Crippen molar-refractivity contribution in [2.45, 2.75) is 45.0 Å². The van der Waals surface area contributed by atoms with E-state index in [1.807, 2.05) is 0 Å². The van der Waals surface area contributed by atoms with Gasteiger partial charge in [0, 0.05) is 0 Å². The molecule has 0 aromatic heterocycles. The standard InChI is InChI=1S/C7H16O3/c1-3-5(8)7(10)6(9)4-2/h5-10H,3-4H2,1-2H3/t5-,6?,7?/m1/s1. The van der Waals surface area contributed by atoms with Gasteiger partial charge in [-0.05, 0) is 12.8 Å². The summed E-state index contributed by atoms with van der Waals surface area (Å²) in [6.07, 6.45) is -1.64. The van der Waals surface area contributed by atoms with Crippen molar-refractivity contribution in [3.05, 3.63) is 0 Å². The third-order valence-electron chi connectivity index (χ3n) is 1.63. The lowest BCUT2D eigenvalue weighted by Crippen LogP contribution is -2.36. The summed E-state index contributed by atoms with van der Waals surface area (Å²) in [5.41, 5.74) is 0. The fourth-order valence-corrected chi connectivity index (χ4v) is 0.739. The van der Waals surface area contributed by atoms with Gasteiger partial charge in [0.25, 0.3) is 0 Å². The molecule has 0 saturated heterocycles. The van der Waals surface area contributed by atoms with E-state index in [-0.39, 0.29) is 0 Å². The Bertz CT molecular complexity index is 74.9. The molecular formula is C7H16O3. The lowest BCUT2D eigenvalue weighted by molar-refractivity contribution is -0.0606. The van der Waals surface area contributed by atoms with Crippen LogP contribution in [0.25, 0.3) is 0 Å². The molecule has 0 rings (SSSR count). The molecule has 10 heavy (non-hydrogen) atoms. The molecule has 3 nitrogen and oxygen atoms in total. The van der Waals surface area contributed by atoms with Crippen molar-refractivity contribution in [3.63, 3.8) is 0 Å². The van der Waals surface area contributed by atoms with E-state index < -0.39 is 18.3 Å². The van der Waals surface area contributed by atoms with Crippen molar-refractivity contribution in [3.8, 4) is 0 Å². The third-order valence-corrected chi connectivity index (χ3v) is 1.63. The largest absolute Gasteiger partial charge is 0.390 e. The van der Waals surface area contributed by atoms with E-state index in [9.17, 15) is 0 Å². The molecule has 0 bridgehead atoms. The topological polar surface area (TPSA) is 60.7 Å². The quantitative estimate of drug-likeness (QED) is 0.521. The van der Waals surface area contributed by atoms with Gasteiger partial charge in [0.2, 0.25) is 0 Å². The van der Waals surface area contributed by atoms with E-state index in [4.69, 9.17) is 15.3 Å². The van der Waals surface area contributed by atoms with Gasteiger partial charge in [-0.1, -0.05) is 13.8 Å². The van der Waals surface area contributed by atoms with E-state index in [2.05, 4.69) is 0 Å². The average molecular weight is 148 g/mol. The fraction of sp³-hybridized carbons (Fsp3) is 1.00. The third kappa shape index (κ3) is 2.64. The van der Waals surface area contributed by atoms with Gasteiger partial charge in [0.1, 0.15) is 6.10 Å². The van der Waals surface area contributed by atoms with Crippen LogP contribution in [0.1, 0.15) is 26.7 Å². The summed E-state index contributed by atoms with van der Waals surface area (Å²) in [4.78, 5) is 0. The molecule has 0 radical (unpaired) electrons. The predicted molar refractivity (Wildman–Crippen MR) is 38.6 cm³/mol. The molecule has 2 unspecified atom stereocenters. The zero-order valence-corrected chi connectivity index (χ0v) is 6.49. The van der Waals surface area contributed by atoms with Crippen molar-refractivity contribution in [1.82, 2.24) is 0 Å².